The standard InChI is InChI=1S/C23H23F2N7O2S/c1-13-7-5-10-19(28-13)22-29-30-23(32(22)21-17(24)8-6-9-18(21)25)31-35(33,34)16(4)15(3)20-12-26-14(2)11-27-20/h5-12,15-16H,1-4H3,(H,30,31). The third-order valence-electron chi connectivity index (χ3n) is 5.64. The Morgan fingerprint density at radius 1 is 0.914 bits per heavy atom. The lowest BCUT2D eigenvalue weighted by Crippen LogP contribution is -2.31. The number of benzene rings is 1. The van der Waals surface area contributed by atoms with Gasteiger partial charge in [0.2, 0.25) is 16.0 Å². The molecule has 1 aromatic carbocycles. The Balaban J connectivity index is 1.79. The Labute approximate surface area is 201 Å². The zero-order valence-corrected chi connectivity index (χ0v) is 20.3. The van der Waals surface area contributed by atoms with Gasteiger partial charge in [0.05, 0.1) is 16.6 Å². The molecule has 0 radical (unpaired) electrons. The van der Waals surface area contributed by atoms with Crippen LogP contribution >= 0.6 is 0 Å². The van der Waals surface area contributed by atoms with Crippen LogP contribution in [0.1, 0.15) is 36.8 Å². The van der Waals surface area contributed by atoms with E-state index in [0.29, 0.717) is 17.1 Å². The summed E-state index contributed by atoms with van der Waals surface area (Å²) in [6.07, 6.45) is 3.07. The highest BCUT2D eigenvalue weighted by molar-refractivity contribution is 7.93. The maximum Gasteiger partial charge on any atom is 0.243 e. The normalized spacial score (nSPS) is 13.4. The predicted octanol–water partition coefficient (Wildman–Crippen LogP) is 3.95. The lowest BCUT2D eigenvalue weighted by atomic mass is 10.1. The van der Waals surface area contributed by atoms with E-state index in [4.69, 9.17) is 0 Å². The second-order valence-electron chi connectivity index (χ2n) is 8.14. The first-order chi connectivity index (χ1) is 16.6. The highest BCUT2D eigenvalue weighted by Crippen LogP contribution is 2.30. The van der Waals surface area contributed by atoms with Crippen molar-refractivity contribution in [3.05, 3.63) is 77.5 Å². The molecule has 2 unspecified atom stereocenters. The fourth-order valence-electron chi connectivity index (χ4n) is 3.47. The number of rotatable bonds is 7. The molecule has 0 spiro atoms. The Hall–Kier alpha value is -3.80. The fraction of sp³-hybridized carbons (Fsp3) is 0.261. The highest BCUT2D eigenvalue weighted by Gasteiger charge is 2.32. The van der Waals surface area contributed by atoms with Gasteiger partial charge < -0.3 is 0 Å². The lowest BCUT2D eigenvalue weighted by molar-refractivity contribution is 0.566. The fourth-order valence-corrected chi connectivity index (χ4v) is 4.71. The van der Waals surface area contributed by atoms with Crippen LogP contribution in [0.5, 0.6) is 0 Å². The molecule has 0 saturated carbocycles. The molecule has 0 saturated heterocycles. The van der Waals surface area contributed by atoms with E-state index in [1.165, 1.54) is 19.2 Å². The smallest absolute Gasteiger partial charge is 0.243 e. The SMILES string of the molecule is Cc1cnc(C(C)C(C)S(=O)(=O)Nc2nnc(-c3cccc(C)n3)n2-c2c(F)cccc2F)cn1. The zero-order valence-electron chi connectivity index (χ0n) is 19.4. The first-order valence-corrected chi connectivity index (χ1v) is 12.3. The van der Waals surface area contributed by atoms with E-state index < -0.39 is 38.5 Å². The Morgan fingerprint density at radius 3 is 2.23 bits per heavy atom. The quantitative estimate of drug-likeness (QED) is 0.409. The number of anilines is 1. The number of halogens is 2. The predicted molar refractivity (Wildman–Crippen MR) is 126 cm³/mol. The number of hydrogen-bond donors (Lipinski definition) is 1. The van der Waals surface area contributed by atoms with Crippen molar-refractivity contribution in [3.8, 4) is 17.2 Å². The summed E-state index contributed by atoms with van der Waals surface area (Å²) in [5.74, 6) is -2.78. The van der Waals surface area contributed by atoms with Crippen molar-refractivity contribution < 1.29 is 17.2 Å². The third kappa shape index (κ3) is 4.87. The van der Waals surface area contributed by atoms with Gasteiger partial charge in [-0.3, -0.25) is 19.3 Å². The number of aromatic nitrogens is 6. The first kappa shape index (κ1) is 24.3. The maximum absolute atomic E-state index is 14.8. The van der Waals surface area contributed by atoms with E-state index in [-0.39, 0.29) is 17.5 Å². The van der Waals surface area contributed by atoms with Gasteiger partial charge in [0.25, 0.3) is 0 Å². The minimum absolute atomic E-state index is 0.0273. The molecule has 0 aliphatic carbocycles. The Kier molecular flexibility index (Phi) is 6.57. The zero-order chi connectivity index (χ0) is 25.3. The van der Waals surface area contributed by atoms with Crippen LogP contribution in [0.2, 0.25) is 0 Å². The van der Waals surface area contributed by atoms with Crippen molar-refractivity contribution in [1.29, 1.82) is 0 Å². The van der Waals surface area contributed by atoms with Crippen LogP contribution in [0.25, 0.3) is 17.2 Å². The van der Waals surface area contributed by atoms with Crippen LogP contribution < -0.4 is 4.72 Å². The number of nitrogens with one attached hydrogen (secondary N) is 1. The number of sulfonamides is 1. The van der Waals surface area contributed by atoms with E-state index in [9.17, 15) is 17.2 Å². The first-order valence-electron chi connectivity index (χ1n) is 10.7. The molecule has 12 heteroatoms. The van der Waals surface area contributed by atoms with Gasteiger partial charge in [0, 0.05) is 24.0 Å². The van der Waals surface area contributed by atoms with Crippen molar-refractivity contribution in [2.45, 2.75) is 38.9 Å². The van der Waals surface area contributed by atoms with Gasteiger partial charge in [0.15, 0.2) is 5.82 Å². The topological polar surface area (TPSA) is 116 Å². The van der Waals surface area contributed by atoms with Crippen molar-refractivity contribution in [1.82, 2.24) is 29.7 Å². The molecule has 9 nitrogen and oxygen atoms in total. The maximum atomic E-state index is 14.8. The molecule has 0 aliphatic rings. The van der Waals surface area contributed by atoms with E-state index in [1.54, 1.807) is 45.2 Å². The Morgan fingerprint density at radius 2 is 1.60 bits per heavy atom. The van der Waals surface area contributed by atoms with Gasteiger partial charge in [-0.2, -0.15) is 0 Å². The van der Waals surface area contributed by atoms with Crippen LogP contribution in [0.4, 0.5) is 14.7 Å². The summed E-state index contributed by atoms with van der Waals surface area (Å²) >= 11 is 0. The highest BCUT2D eigenvalue weighted by atomic mass is 32.2. The summed E-state index contributed by atoms with van der Waals surface area (Å²) in [7, 11) is -4.11. The van der Waals surface area contributed by atoms with Gasteiger partial charge in [-0.05, 0) is 45.0 Å². The molecular formula is C23H23F2N7O2S. The van der Waals surface area contributed by atoms with Gasteiger partial charge in [0.1, 0.15) is 23.0 Å². The van der Waals surface area contributed by atoms with Crippen LogP contribution in [-0.2, 0) is 10.0 Å². The summed E-state index contributed by atoms with van der Waals surface area (Å²) in [6.45, 7) is 6.72. The number of hydrogen-bond acceptors (Lipinski definition) is 7. The molecule has 0 aliphatic heterocycles. The van der Waals surface area contributed by atoms with Crippen molar-refractivity contribution in [2.75, 3.05) is 4.72 Å². The molecule has 3 heterocycles. The van der Waals surface area contributed by atoms with Gasteiger partial charge >= 0.3 is 0 Å². The van der Waals surface area contributed by atoms with Crippen molar-refractivity contribution in [2.24, 2.45) is 0 Å². The van der Waals surface area contributed by atoms with Crippen molar-refractivity contribution in [3.63, 3.8) is 0 Å². The van der Waals surface area contributed by atoms with Gasteiger partial charge in [-0.1, -0.05) is 19.1 Å². The summed E-state index contributed by atoms with van der Waals surface area (Å²) in [6, 6.07) is 8.36. The molecule has 3 aromatic heterocycles. The van der Waals surface area contributed by atoms with Crippen molar-refractivity contribution >= 4 is 16.0 Å². The van der Waals surface area contributed by atoms with E-state index in [0.717, 1.165) is 16.7 Å². The number of aryl methyl sites for hydroxylation is 2. The summed E-state index contributed by atoms with van der Waals surface area (Å²) in [5.41, 5.74) is 1.56. The van der Waals surface area contributed by atoms with Gasteiger partial charge in [-0.25, -0.2) is 22.2 Å². The Bertz CT molecular complexity index is 1450. The average Bonchev–Trinajstić information content (AvgIpc) is 3.21. The van der Waals surface area contributed by atoms with Crippen LogP contribution in [0, 0.1) is 25.5 Å². The van der Waals surface area contributed by atoms with Crippen LogP contribution in [0.3, 0.4) is 0 Å². The molecule has 4 rings (SSSR count). The summed E-state index contributed by atoms with van der Waals surface area (Å²) in [4.78, 5) is 12.8. The molecule has 2 atom stereocenters. The van der Waals surface area contributed by atoms with E-state index in [2.05, 4.69) is 29.9 Å². The number of pyridine rings is 1. The van der Waals surface area contributed by atoms with Crippen LogP contribution in [-0.4, -0.2) is 43.4 Å². The second-order valence-corrected chi connectivity index (χ2v) is 10.2. The van der Waals surface area contributed by atoms with Crippen LogP contribution in [0.15, 0.2) is 48.8 Å². The molecule has 0 fully saturated rings. The number of nitrogens with zero attached hydrogens (tertiary/aromatic N) is 6. The molecule has 4 aromatic rings. The third-order valence-corrected chi connectivity index (χ3v) is 7.49. The number of para-hydroxylation sites is 1. The molecule has 1 N–H and O–H groups in total. The summed E-state index contributed by atoms with van der Waals surface area (Å²) in [5, 5.41) is 6.93. The molecule has 182 valence electrons. The minimum atomic E-state index is -4.11. The largest absolute Gasteiger partial charge is 0.258 e. The molecule has 35 heavy (non-hydrogen) atoms. The average molecular weight is 500 g/mol. The molecule has 0 bridgehead atoms. The molecule has 0 amide bonds. The van der Waals surface area contributed by atoms with Gasteiger partial charge in [-0.15, -0.1) is 10.2 Å². The monoisotopic (exact) mass is 499 g/mol. The van der Waals surface area contributed by atoms with E-state index >= 15 is 0 Å². The second kappa shape index (κ2) is 9.45. The minimum Gasteiger partial charge on any atom is -0.258 e. The lowest BCUT2D eigenvalue weighted by Gasteiger charge is -2.21. The van der Waals surface area contributed by atoms with E-state index in [1.807, 2.05) is 0 Å². The molecular weight excluding hydrogens is 476 g/mol. The summed E-state index contributed by atoms with van der Waals surface area (Å²) < 4.78 is 59.5.